The minimum absolute atomic E-state index is 0.0295. The second kappa shape index (κ2) is 6.44. The number of nitrogens with two attached hydrogens (primary N) is 1. The lowest BCUT2D eigenvalue weighted by Gasteiger charge is -2.20. The monoisotopic (exact) mass is 298 g/mol. The molecule has 3 rings (SSSR count). The zero-order valence-corrected chi connectivity index (χ0v) is 12.6. The number of hydrogen-bond donors (Lipinski definition) is 2. The van der Waals surface area contributed by atoms with Gasteiger partial charge in [0, 0.05) is 5.03 Å². The molecule has 0 radical (unpaired) electrons. The fourth-order valence-electron chi connectivity index (χ4n) is 2.80. The molecular formula is C18H19ClN2. The number of benzene rings is 2. The maximum atomic E-state index is 6.59. The van der Waals surface area contributed by atoms with Gasteiger partial charge >= 0.3 is 0 Å². The lowest BCUT2D eigenvalue weighted by molar-refractivity contribution is 0.597. The van der Waals surface area contributed by atoms with Gasteiger partial charge in [0.15, 0.2) is 0 Å². The molecule has 1 aliphatic carbocycles. The Balaban J connectivity index is 2.08. The van der Waals surface area contributed by atoms with E-state index in [1.54, 1.807) is 0 Å². The van der Waals surface area contributed by atoms with E-state index in [2.05, 4.69) is 53.9 Å². The molecule has 0 fully saturated rings. The van der Waals surface area contributed by atoms with Gasteiger partial charge in [-0.2, -0.15) is 0 Å². The lowest BCUT2D eigenvalue weighted by atomic mass is 9.95. The van der Waals surface area contributed by atoms with Gasteiger partial charge in [0.05, 0.1) is 6.04 Å². The second-order valence-corrected chi connectivity index (χ2v) is 5.67. The SMILES string of the molecule is NCCCNC1C(Cl)=Cc2ccccc2-c2ccccc21. The predicted octanol–water partition coefficient (Wildman–Crippen LogP) is 3.93. The molecule has 2 nitrogen and oxygen atoms in total. The van der Waals surface area contributed by atoms with Crippen molar-refractivity contribution in [3.05, 3.63) is 64.7 Å². The standard InChI is InChI=1S/C18H19ClN2/c19-17-12-13-6-1-2-7-14(13)15-8-3-4-9-16(15)18(17)21-11-5-10-20/h1-4,6-9,12,18,21H,5,10-11,20H2. The Morgan fingerprint density at radius 3 is 2.52 bits per heavy atom. The van der Waals surface area contributed by atoms with E-state index in [1.807, 2.05) is 6.07 Å². The molecule has 0 aliphatic heterocycles. The zero-order valence-electron chi connectivity index (χ0n) is 11.9. The smallest absolute Gasteiger partial charge is 0.0691 e. The largest absolute Gasteiger partial charge is 0.330 e. The van der Waals surface area contributed by atoms with E-state index in [1.165, 1.54) is 16.7 Å². The Morgan fingerprint density at radius 1 is 1.00 bits per heavy atom. The Labute approximate surface area is 130 Å². The molecule has 0 bridgehead atoms. The first-order chi connectivity index (χ1) is 10.3. The van der Waals surface area contributed by atoms with Crippen molar-refractivity contribution >= 4 is 17.7 Å². The number of fused-ring (bicyclic) bond motifs is 3. The summed E-state index contributed by atoms with van der Waals surface area (Å²) >= 11 is 6.59. The van der Waals surface area contributed by atoms with E-state index in [-0.39, 0.29) is 6.04 Å². The highest BCUT2D eigenvalue weighted by atomic mass is 35.5. The van der Waals surface area contributed by atoms with Crippen LogP contribution in [0.3, 0.4) is 0 Å². The van der Waals surface area contributed by atoms with Crippen molar-refractivity contribution in [1.29, 1.82) is 0 Å². The zero-order chi connectivity index (χ0) is 14.7. The van der Waals surface area contributed by atoms with Crippen LogP contribution in [0.1, 0.15) is 23.6 Å². The summed E-state index contributed by atoms with van der Waals surface area (Å²) < 4.78 is 0. The van der Waals surface area contributed by atoms with E-state index in [0.717, 1.165) is 23.6 Å². The molecule has 21 heavy (non-hydrogen) atoms. The molecule has 0 saturated carbocycles. The molecule has 1 aliphatic rings. The molecule has 0 aromatic heterocycles. The van der Waals surface area contributed by atoms with Crippen molar-refractivity contribution in [1.82, 2.24) is 5.32 Å². The first-order valence-corrected chi connectivity index (χ1v) is 7.68. The molecule has 0 spiro atoms. The third-order valence-electron chi connectivity index (χ3n) is 3.82. The summed E-state index contributed by atoms with van der Waals surface area (Å²) in [5.41, 5.74) is 10.4. The molecule has 1 unspecified atom stereocenters. The molecule has 0 saturated heterocycles. The fourth-order valence-corrected chi connectivity index (χ4v) is 3.11. The van der Waals surface area contributed by atoms with E-state index in [4.69, 9.17) is 17.3 Å². The van der Waals surface area contributed by atoms with Crippen molar-refractivity contribution in [2.24, 2.45) is 5.73 Å². The summed E-state index contributed by atoms with van der Waals surface area (Å²) in [6.07, 6.45) is 3.01. The lowest BCUT2D eigenvalue weighted by Crippen LogP contribution is -2.24. The van der Waals surface area contributed by atoms with E-state index in [9.17, 15) is 0 Å². The highest BCUT2D eigenvalue weighted by molar-refractivity contribution is 6.32. The third kappa shape index (κ3) is 2.88. The van der Waals surface area contributed by atoms with Crippen LogP contribution in [-0.2, 0) is 0 Å². The minimum Gasteiger partial charge on any atom is -0.330 e. The summed E-state index contributed by atoms with van der Waals surface area (Å²) in [7, 11) is 0. The summed E-state index contributed by atoms with van der Waals surface area (Å²) in [5.74, 6) is 0. The summed E-state index contributed by atoms with van der Waals surface area (Å²) in [5, 5.41) is 4.35. The van der Waals surface area contributed by atoms with Gasteiger partial charge in [-0.3, -0.25) is 0 Å². The molecule has 0 heterocycles. The van der Waals surface area contributed by atoms with Crippen molar-refractivity contribution < 1.29 is 0 Å². The predicted molar refractivity (Wildman–Crippen MR) is 90.1 cm³/mol. The second-order valence-electron chi connectivity index (χ2n) is 5.23. The van der Waals surface area contributed by atoms with Crippen molar-refractivity contribution in [3.8, 4) is 11.1 Å². The quantitative estimate of drug-likeness (QED) is 0.840. The van der Waals surface area contributed by atoms with Crippen LogP contribution < -0.4 is 11.1 Å². The molecule has 2 aromatic carbocycles. The summed E-state index contributed by atoms with van der Waals surface area (Å²) in [6.45, 7) is 1.54. The van der Waals surface area contributed by atoms with Gasteiger partial charge in [-0.1, -0.05) is 60.1 Å². The molecule has 1 atom stereocenters. The van der Waals surface area contributed by atoms with E-state index >= 15 is 0 Å². The van der Waals surface area contributed by atoms with Crippen LogP contribution in [0, 0.1) is 0 Å². The van der Waals surface area contributed by atoms with Crippen LogP contribution in [0.4, 0.5) is 0 Å². The molecule has 0 amide bonds. The first-order valence-electron chi connectivity index (χ1n) is 7.30. The number of halogens is 1. The van der Waals surface area contributed by atoms with Crippen LogP contribution in [0.25, 0.3) is 17.2 Å². The van der Waals surface area contributed by atoms with E-state index < -0.39 is 0 Å². The fraction of sp³-hybridized carbons (Fsp3) is 0.222. The van der Waals surface area contributed by atoms with Gasteiger partial charge in [-0.25, -0.2) is 0 Å². The van der Waals surface area contributed by atoms with Gasteiger partial charge < -0.3 is 11.1 Å². The topological polar surface area (TPSA) is 38.0 Å². The average molecular weight is 299 g/mol. The Morgan fingerprint density at radius 2 is 1.71 bits per heavy atom. The number of hydrogen-bond acceptors (Lipinski definition) is 2. The van der Waals surface area contributed by atoms with Gasteiger partial charge in [-0.05, 0) is 47.8 Å². The Hall–Kier alpha value is -1.61. The van der Waals surface area contributed by atoms with Crippen molar-refractivity contribution in [3.63, 3.8) is 0 Å². The number of rotatable bonds is 4. The number of nitrogens with one attached hydrogen (secondary N) is 1. The van der Waals surface area contributed by atoms with Gasteiger partial charge in [0.2, 0.25) is 0 Å². The van der Waals surface area contributed by atoms with Crippen LogP contribution in [0.2, 0.25) is 0 Å². The van der Waals surface area contributed by atoms with Crippen LogP contribution in [-0.4, -0.2) is 13.1 Å². The average Bonchev–Trinajstić information content (AvgIpc) is 2.63. The molecular weight excluding hydrogens is 280 g/mol. The highest BCUT2D eigenvalue weighted by Crippen LogP contribution is 2.39. The summed E-state index contributed by atoms with van der Waals surface area (Å²) in [4.78, 5) is 0. The highest BCUT2D eigenvalue weighted by Gasteiger charge is 2.22. The van der Waals surface area contributed by atoms with Crippen LogP contribution in [0.5, 0.6) is 0 Å². The molecule has 3 heteroatoms. The van der Waals surface area contributed by atoms with Crippen molar-refractivity contribution in [2.75, 3.05) is 13.1 Å². The Kier molecular flexibility index (Phi) is 4.39. The van der Waals surface area contributed by atoms with E-state index in [0.29, 0.717) is 6.54 Å². The maximum Gasteiger partial charge on any atom is 0.0691 e. The van der Waals surface area contributed by atoms with Gasteiger partial charge in [0.25, 0.3) is 0 Å². The van der Waals surface area contributed by atoms with Crippen LogP contribution in [0.15, 0.2) is 53.6 Å². The molecule has 108 valence electrons. The third-order valence-corrected chi connectivity index (χ3v) is 4.15. The molecule has 3 N–H and O–H groups in total. The van der Waals surface area contributed by atoms with Gasteiger partial charge in [-0.15, -0.1) is 0 Å². The van der Waals surface area contributed by atoms with Gasteiger partial charge in [0.1, 0.15) is 0 Å². The maximum absolute atomic E-state index is 6.59. The first kappa shape index (κ1) is 14.3. The summed E-state index contributed by atoms with van der Waals surface area (Å²) in [6, 6.07) is 16.8. The van der Waals surface area contributed by atoms with Crippen LogP contribution >= 0.6 is 11.6 Å². The van der Waals surface area contributed by atoms with Crippen molar-refractivity contribution in [2.45, 2.75) is 12.5 Å². The molecule has 2 aromatic rings. The minimum atomic E-state index is 0.0295. The normalized spacial score (nSPS) is 16.7. The Bertz CT molecular complexity index is 664.